The fourth-order valence-corrected chi connectivity index (χ4v) is 4.59. The van der Waals surface area contributed by atoms with Gasteiger partial charge in [-0.15, -0.1) is 0 Å². The Labute approximate surface area is 142 Å². The fraction of sp³-hybridized carbons (Fsp3) is 0.368. The van der Waals surface area contributed by atoms with Gasteiger partial charge < -0.3 is 0 Å². The summed E-state index contributed by atoms with van der Waals surface area (Å²) in [6.45, 7) is 4.64. The first kappa shape index (κ1) is 15.1. The number of rotatable bonds is 4. The summed E-state index contributed by atoms with van der Waals surface area (Å²) in [7, 11) is 2.22. The lowest BCUT2D eigenvalue weighted by atomic mass is 9.71. The van der Waals surface area contributed by atoms with Crippen LogP contribution in [0.15, 0.2) is 36.4 Å². The molecule has 0 unspecified atom stereocenters. The molecule has 1 aliphatic carbocycles. The second kappa shape index (κ2) is 5.79. The van der Waals surface area contributed by atoms with Gasteiger partial charge in [-0.05, 0) is 69.8 Å². The minimum atomic E-state index is 0.237. The third-order valence-corrected chi connectivity index (χ3v) is 5.50. The van der Waals surface area contributed by atoms with E-state index in [2.05, 4.69) is 80.7 Å². The van der Waals surface area contributed by atoms with Crippen molar-refractivity contribution in [3.63, 3.8) is 0 Å². The highest BCUT2D eigenvalue weighted by Crippen LogP contribution is 2.53. The van der Waals surface area contributed by atoms with Gasteiger partial charge in [0, 0.05) is 8.99 Å². The Kier molecular flexibility index (Phi) is 4.18. The second-order valence-corrected chi connectivity index (χ2v) is 7.57. The van der Waals surface area contributed by atoms with Gasteiger partial charge in [0.25, 0.3) is 0 Å². The van der Waals surface area contributed by atoms with Crippen LogP contribution in [-0.4, -0.2) is 7.85 Å². The van der Waals surface area contributed by atoms with Gasteiger partial charge in [-0.25, -0.2) is 0 Å². The van der Waals surface area contributed by atoms with Gasteiger partial charge in [0.1, 0.15) is 7.85 Å². The van der Waals surface area contributed by atoms with Crippen LogP contribution in [0.1, 0.15) is 50.7 Å². The fourth-order valence-electron chi connectivity index (χ4n) is 4.10. The van der Waals surface area contributed by atoms with Crippen molar-refractivity contribution in [3.05, 3.63) is 51.1 Å². The molecule has 2 aromatic carbocycles. The average Bonchev–Trinajstić information content (AvgIpc) is 2.70. The summed E-state index contributed by atoms with van der Waals surface area (Å²) in [5, 5.41) is 0. The summed E-state index contributed by atoms with van der Waals surface area (Å²) < 4.78 is 1.35. The Morgan fingerprint density at radius 1 is 0.905 bits per heavy atom. The van der Waals surface area contributed by atoms with Crippen LogP contribution in [0.5, 0.6) is 0 Å². The highest BCUT2D eigenvalue weighted by Gasteiger charge is 2.41. The summed E-state index contributed by atoms with van der Waals surface area (Å²) in [6, 6.07) is 14.0. The van der Waals surface area contributed by atoms with Crippen LogP contribution in [0.3, 0.4) is 0 Å². The molecule has 0 nitrogen and oxygen atoms in total. The van der Waals surface area contributed by atoms with Crippen molar-refractivity contribution in [2.45, 2.75) is 44.9 Å². The minimum absolute atomic E-state index is 0.237. The van der Waals surface area contributed by atoms with E-state index in [0.717, 1.165) is 0 Å². The topological polar surface area (TPSA) is 0 Å². The van der Waals surface area contributed by atoms with Crippen molar-refractivity contribution >= 4 is 35.9 Å². The van der Waals surface area contributed by atoms with E-state index in [0.29, 0.717) is 0 Å². The second-order valence-electron chi connectivity index (χ2n) is 6.32. The molecule has 0 aromatic heterocycles. The predicted octanol–water partition coefficient (Wildman–Crippen LogP) is 4.42. The Morgan fingerprint density at radius 3 is 2.10 bits per heavy atom. The molecule has 0 aliphatic heterocycles. The number of hydrogen-bond donors (Lipinski definition) is 0. The Morgan fingerprint density at radius 2 is 1.48 bits per heavy atom. The first-order valence-electron chi connectivity index (χ1n) is 8.04. The zero-order valence-electron chi connectivity index (χ0n) is 13.2. The summed E-state index contributed by atoms with van der Waals surface area (Å²) in [6.07, 6.45) is 4.98. The van der Waals surface area contributed by atoms with E-state index in [1.54, 1.807) is 11.1 Å². The average molecular weight is 388 g/mol. The SMILES string of the molecule is Bc1ccc2c(c1)C(CCC)(CCC)c1cc(I)ccc1-2. The Hall–Kier alpha value is -0.765. The molecule has 1 aliphatic rings. The van der Waals surface area contributed by atoms with Crippen LogP contribution in [0.25, 0.3) is 11.1 Å². The van der Waals surface area contributed by atoms with E-state index in [4.69, 9.17) is 0 Å². The van der Waals surface area contributed by atoms with Crippen molar-refractivity contribution < 1.29 is 0 Å². The van der Waals surface area contributed by atoms with Gasteiger partial charge in [0.15, 0.2) is 0 Å². The molecule has 21 heavy (non-hydrogen) atoms. The molecule has 0 saturated heterocycles. The van der Waals surface area contributed by atoms with Gasteiger partial charge in [-0.3, -0.25) is 0 Å². The molecule has 0 heterocycles. The lowest BCUT2D eigenvalue weighted by Crippen LogP contribution is -2.26. The van der Waals surface area contributed by atoms with Crippen LogP contribution in [0.4, 0.5) is 0 Å². The molecule has 0 bridgehead atoms. The maximum atomic E-state index is 2.45. The first-order chi connectivity index (χ1) is 10.1. The molecule has 2 aromatic rings. The largest absolute Gasteiger partial charge is 0.139 e. The van der Waals surface area contributed by atoms with Gasteiger partial charge in [0.05, 0.1) is 0 Å². The van der Waals surface area contributed by atoms with E-state index >= 15 is 0 Å². The van der Waals surface area contributed by atoms with Crippen molar-refractivity contribution in [2.75, 3.05) is 0 Å². The van der Waals surface area contributed by atoms with E-state index in [9.17, 15) is 0 Å². The van der Waals surface area contributed by atoms with Crippen LogP contribution >= 0.6 is 22.6 Å². The third-order valence-electron chi connectivity index (χ3n) is 4.83. The Balaban J connectivity index is 2.32. The molecular formula is C19H22BI. The quantitative estimate of drug-likeness (QED) is 0.538. The lowest BCUT2D eigenvalue weighted by molar-refractivity contribution is 0.436. The van der Waals surface area contributed by atoms with Crippen LogP contribution in [-0.2, 0) is 5.41 Å². The summed E-state index contributed by atoms with van der Waals surface area (Å²) in [4.78, 5) is 0. The van der Waals surface area contributed by atoms with Crippen LogP contribution in [0, 0.1) is 3.57 Å². The van der Waals surface area contributed by atoms with Gasteiger partial charge >= 0.3 is 0 Å². The molecule has 0 saturated carbocycles. The van der Waals surface area contributed by atoms with Gasteiger partial charge in [-0.2, -0.15) is 0 Å². The molecule has 2 heteroatoms. The maximum Gasteiger partial charge on any atom is 0.139 e. The van der Waals surface area contributed by atoms with E-state index in [1.807, 2.05) is 0 Å². The monoisotopic (exact) mass is 388 g/mol. The van der Waals surface area contributed by atoms with E-state index in [-0.39, 0.29) is 5.41 Å². The summed E-state index contributed by atoms with van der Waals surface area (Å²) in [5.74, 6) is 0. The van der Waals surface area contributed by atoms with Gasteiger partial charge in [0.2, 0.25) is 0 Å². The smallest absolute Gasteiger partial charge is 0.0886 e. The molecule has 0 spiro atoms. The molecule has 108 valence electrons. The van der Waals surface area contributed by atoms with Crippen LogP contribution < -0.4 is 5.46 Å². The molecule has 0 radical (unpaired) electrons. The standard InChI is InChI=1S/C19H22BI/c1-3-9-19(10-4-2)17-11-13(20)5-7-15(17)16-8-6-14(21)12-18(16)19/h5-8,11-12H,3-4,9-10,20H2,1-2H3. The van der Waals surface area contributed by atoms with E-state index in [1.165, 1.54) is 45.8 Å². The molecule has 0 fully saturated rings. The molecule has 0 atom stereocenters. The number of halogens is 1. The zero-order chi connectivity index (χ0) is 15.0. The highest BCUT2D eigenvalue weighted by atomic mass is 127. The van der Waals surface area contributed by atoms with Gasteiger partial charge in [-0.1, -0.05) is 56.4 Å². The van der Waals surface area contributed by atoms with Crippen molar-refractivity contribution in [2.24, 2.45) is 0 Å². The zero-order valence-corrected chi connectivity index (χ0v) is 15.3. The normalized spacial score (nSPS) is 14.8. The molecule has 0 N–H and O–H groups in total. The van der Waals surface area contributed by atoms with Crippen molar-refractivity contribution in [1.29, 1.82) is 0 Å². The molecule has 3 rings (SSSR count). The number of benzene rings is 2. The molecule has 0 amide bonds. The highest BCUT2D eigenvalue weighted by molar-refractivity contribution is 14.1. The lowest BCUT2D eigenvalue weighted by Gasteiger charge is -2.32. The summed E-state index contributed by atoms with van der Waals surface area (Å²) in [5.41, 5.74) is 7.69. The number of hydrogen-bond acceptors (Lipinski definition) is 0. The van der Waals surface area contributed by atoms with E-state index < -0.39 is 0 Å². The molecular weight excluding hydrogens is 366 g/mol. The number of fused-ring (bicyclic) bond motifs is 3. The first-order valence-corrected chi connectivity index (χ1v) is 9.12. The van der Waals surface area contributed by atoms with Crippen molar-refractivity contribution in [1.82, 2.24) is 0 Å². The Bertz CT molecular complexity index is 616. The third kappa shape index (κ3) is 2.36. The maximum absolute atomic E-state index is 2.45. The van der Waals surface area contributed by atoms with Crippen LogP contribution in [0.2, 0.25) is 0 Å². The minimum Gasteiger partial charge on any atom is -0.0886 e. The predicted molar refractivity (Wildman–Crippen MR) is 103 cm³/mol. The summed E-state index contributed by atoms with van der Waals surface area (Å²) >= 11 is 2.45. The van der Waals surface area contributed by atoms with Crippen molar-refractivity contribution in [3.8, 4) is 11.1 Å².